The van der Waals surface area contributed by atoms with Gasteiger partial charge in [0.05, 0.1) is 18.3 Å². The molecule has 5 nitrogen and oxygen atoms in total. The zero-order valence-corrected chi connectivity index (χ0v) is 16.9. The van der Waals surface area contributed by atoms with Gasteiger partial charge >= 0.3 is 0 Å². The van der Waals surface area contributed by atoms with Crippen molar-refractivity contribution in [2.45, 2.75) is 39.4 Å². The van der Waals surface area contributed by atoms with Gasteiger partial charge < -0.3 is 16.0 Å². The van der Waals surface area contributed by atoms with Crippen molar-refractivity contribution in [1.82, 2.24) is 5.32 Å². The van der Waals surface area contributed by atoms with Gasteiger partial charge in [0.25, 0.3) is 0 Å². The van der Waals surface area contributed by atoms with Gasteiger partial charge in [-0.1, -0.05) is 68.8 Å². The van der Waals surface area contributed by atoms with Crippen LogP contribution in [0.25, 0.3) is 0 Å². The Hall–Kier alpha value is -2.66. The quantitative estimate of drug-likeness (QED) is 0.811. The number of para-hydroxylation sites is 1. The fourth-order valence-electron chi connectivity index (χ4n) is 3.40. The summed E-state index contributed by atoms with van der Waals surface area (Å²) in [5.74, 6) is 0.353. The minimum Gasteiger partial charge on any atom is -0.367 e. The van der Waals surface area contributed by atoms with Crippen molar-refractivity contribution >= 4 is 17.3 Å². The van der Waals surface area contributed by atoms with E-state index in [1.807, 2.05) is 24.3 Å². The highest BCUT2D eigenvalue weighted by atomic mass is 16.2. The van der Waals surface area contributed by atoms with Gasteiger partial charge in [-0.3, -0.25) is 9.79 Å². The first-order chi connectivity index (χ1) is 13.5. The van der Waals surface area contributed by atoms with E-state index in [0.29, 0.717) is 12.5 Å². The first-order valence-corrected chi connectivity index (χ1v) is 10.0. The summed E-state index contributed by atoms with van der Waals surface area (Å²) in [7, 11) is 0. The van der Waals surface area contributed by atoms with Crippen LogP contribution in [0.5, 0.6) is 0 Å². The lowest BCUT2D eigenvalue weighted by Crippen LogP contribution is -2.48. The molecular formula is C23H30N4O. The number of nitrogens with one attached hydrogen (secondary N) is 1. The topological polar surface area (TPSA) is 70.7 Å². The Bertz CT molecular complexity index is 832. The molecule has 0 aromatic heterocycles. The van der Waals surface area contributed by atoms with E-state index in [1.54, 1.807) is 6.92 Å². The van der Waals surface area contributed by atoms with Gasteiger partial charge in [0.2, 0.25) is 5.91 Å². The minimum atomic E-state index is -0.566. The van der Waals surface area contributed by atoms with Crippen LogP contribution in [0.4, 0.5) is 5.69 Å². The molecule has 0 saturated heterocycles. The average molecular weight is 379 g/mol. The van der Waals surface area contributed by atoms with Crippen LogP contribution in [-0.2, 0) is 4.79 Å². The molecule has 0 bridgehead atoms. The van der Waals surface area contributed by atoms with Crippen LogP contribution in [-0.4, -0.2) is 36.9 Å². The van der Waals surface area contributed by atoms with Gasteiger partial charge in [0.15, 0.2) is 0 Å². The fourth-order valence-corrected chi connectivity index (χ4v) is 3.40. The van der Waals surface area contributed by atoms with Crippen LogP contribution in [0, 0.1) is 5.92 Å². The van der Waals surface area contributed by atoms with Crippen LogP contribution < -0.4 is 16.0 Å². The largest absolute Gasteiger partial charge is 0.367 e. The summed E-state index contributed by atoms with van der Waals surface area (Å²) in [5.41, 5.74) is 9.98. The van der Waals surface area contributed by atoms with Gasteiger partial charge in [0, 0.05) is 23.4 Å². The molecular weight excluding hydrogens is 348 g/mol. The Labute approximate surface area is 167 Å². The van der Waals surface area contributed by atoms with Crippen molar-refractivity contribution in [2.75, 3.05) is 18.0 Å². The molecule has 3 rings (SSSR count). The molecule has 2 aromatic carbocycles. The number of carbonyl (C=O) groups is 1. The maximum atomic E-state index is 12.3. The van der Waals surface area contributed by atoms with Gasteiger partial charge in [-0.05, 0) is 18.9 Å². The first kappa shape index (κ1) is 20.1. The Balaban J connectivity index is 2.07. The minimum absolute atomic E-state index is 0.185. The molecule has 5 heteroatoms. The number of benzene rings is 2. The lowest BCUT2D eigenvalue weighted by Gasteiger charge is -2.30. The molecule has 0 aliphatic carbocycles. The van der Waals surface area contributed by atoms with E-state index in [1.165, 1.54) is 0 Å². The van der Waals surface area contributed by atoms with E-state index in [2.05, 4.69) is 54.4 Å². The third-order valence-electron chi connectivity index (χ3n) is 5.18. The number of nitrogens with zero attached hydrogens (tertiary/aromatic N) is 2. The van der Waals surface area contributed by atoms with Crippen LogP contribution in [0.2, 0.25) is 0 Å². The molecule has 2 aromatic rings. The number of nitrogens with two attached hydrogens (primary N) is 1. The molecule has 1 amide bonds. The van der Waals surface area contributed by atoms with E-state index in [4.69, 9.17) is 10.7 Å². The second kappa shape index (κ2) is 9.02. The van der Waals surface area contributed by atoms with Gasteiger partial charge in [-0.25, -0.2) is 0 Å². The molecule has 0 spiro atoms. The summed E-state index contributed by atoms with van der Waals surface area (Å²) in [6.07, 6.45) is 0.743. The second-order valence-corrected chi connectivity index (χ2v) is 7.59. The molecule has 3 atom stereocenters. The molecule has 2 unspecified atom stereocenters. The predicted octanol–water partition coefficient (Wildman–Crippen LogP) is 3.18. The van der Waals surface area contributed by atoms with E-state index in [9.17, 15) is 4.79 Å². The average Bonchev–Trinajstić information content (AvgIpc) is 2.86. The number of hydrogen-bond acceptors (Lipinski definition) is 4. The Morgan fingerprint density at radius 3 is 2.54 bits per heavy atom. The van der Waals surface area contributed by atoms with Crippen molar-refractivity contribution in [3.8, 4) is 0 Å². The third kappa shape index (κ3) is 4.60. The highest BCUT2D eigenvalue weighted by Gasteiger charge is 2.26. The molecule has 0 fully saturated rings. The smallest absolute Gasteiger partial charge is 0.238 e. The first-order valence-electron chi connectivity index (χ1n) is 10.0. The SMILES string of the molecule is CCC(C)CN1CC(NC(=O)[C@H](C)N)N=C(c2ccccc2)c2ccccc21. The Morgan fingerprint density at radius 2 is 1.86 bits per heavy atom. The number of carbonyl (C=O) groups excluding carboxylic acids is 1. The highest BCUT2D eigenvalue weighted by molar-refractivity contribution is 6.16. The molecule has 0 saturated carbocycles. The third-order valence-corrected chi connectivity index (χ3v) is 5.18. The summed E-state index contributed by atoms with van der Waals surface area (Å²) < 4.78 is 0. The maximum Gasteiger partial charge on any atom is 0.238 e. The standard InChI is InChI=1S/C23H30N4O/c1-4-16(2)14-27-15-21(26-23(28)17(3)24)25-22(18-10-6-5-7-11-18)19-12-8-9-13-20(19)27/h5-13,16-17,21H,4,14-15,24H2,1-3H3,(H,26,28)/t16?,17-,21?/m0/s1. The number of fused-ring (bicyclic) bond motifs is 1. The summed E-state index contributed by atoms with van der Waals surface area (Å²) in [6, 6.07) is 17.9. The molecule has 0 radical (unpaired) electrons. The van der Waals surface area contributed by atoms with Crippen molar-refractivity contribution in [3.63, 3.8) is 0 Å². The number of anilines is 1. The Morgan fingerprint density at radius 1 is 1.18 bits per heavy atom. The molecule has 1 heterocycles. The molecule has 1 aliphatic heterocycles. The summed E-state index contributed by atoms with van der Waals surface area (Å²) in [4.78, 5) is 19.6. The summed E-state index contributed by atoms with van der Waals surface area (Å²) in [6.45, 7) is 7.68. The van der Waals surface area contributed by atoms with Crippen LogP contribution in [0.3, 0.4) is 0 Å². The molecule has 1 aliphatic rings. The predicted molar refractivity (Wildman–Crippen MR) is 116 cm³/mol. The number of rotatable bonds is 6. The number of hydrogen-bond donors (Lipinski definition) is 2. The highest BCUT2D eigenvalue weighted by Crippen LogP contribution is 2.28. The Kier molecular flexibility index (Phi) is 6.47. The number of benzodiazepines with no additional fused rings is 1. The van der Waals surface area contributed by atoms with Crippen molar-refractivity contribution in [2.24, 2.45) is 16.6 Å². The van der Waals surface area contributed by atoms with E-state index < -0.39 is 6.04 Å². The zero-order valence-electron chi connectivity index (χ0n) is 16.9. The lowest BCUT2D eigenvalue weighted by molar-refractivity contribution is -0.122. The lowest BCUT2D eigenvalue weighted by atomic mass is 9.99. The molecule has 148 valence electrons. The zero-order chi connectivity index (χ0) is 20.1. The van der Waals surface area contributed by atoms with E-state index in [0.717, 1.165) is 35.5 Å². The molecule has 3 N–H and O–H groups in total. The van der Waals surface area contributed by atoms with Crippen LogP contribution in [0.1, 0.15) is 38.3 Å². The summed E-state index contributed by atoms with van der Waals surface area (Å²) in [5, 5.41) is 3.02. The van der Waals surface area contributed by atoms with Crippen molar-refractivity contribution in [3.05, 3.63) is 65.7 Å². The van der Waals surface area contributed by atoms with Gasteiger partial charge in [-0.15, -0.1) is 0 Å². The van der Waals surface area contributed by atoms with Gasteiger partial charge in [-0.2, -0.15) is 0 Å². The fraction of sp³-hybridized carbons (Fsp3) is 0.391. The number of aliphatic imine (C=N–C) groups is 1. The summed E-state index contributed by atoms with van der Waals surface area (Å²) >= 11 is 0. The van der Waals surface area contributed by atoms with E-state index >= 15 is 0 Å². The van der Waals surface area contributed by atoms with Crippen LogP contribution in [0.15, 0.2) is 59.6 Å². The van der Waals surface area contributed by atoms with Gasteiger partial charge in [0.1, 0.15) is 6.17 Å². The maximum absolute atomic E-state index is 12.3. The van der Waals surface area contributed by atoms with Crippen LogP contribution >= 0.6 is 0 Å². The second-order valence-electron chi connectivity index (χ2n) is 7.59. The van der Waals surface area contributed by atoms with Crippen molar-refractivity contribution < 1.29 is 4.79 Å². The normalized spacial score (nSPS) is 18.5. The van der Waals surface area contributed by atoms with Crippen molar-refractivity contribution in [1.29, 1.82) is 0 Å². The number of amides is 1. The molecule has 28 heavy (non-hydrogen) atoms. The monoisotopic (exact) mass is 378 g/mol. The van der Waals surface area contributed by atoms with E-state index in [-0.39, 0.29) is 12.1 Å².